The summed E-state index contributed by atoms with van der Waals surface area (Å²) in [6.07, 6.45) is 2.65. The van der Waals surface area contributed by atoms with Crippen LogP contribution < -0.4 is 11.5 Å². The van der Waals surface area contributed by atoms with Crippen molar-refractivity contribution >= 4 is 17.0 Å². The molecule has 0 radical (unpaired) electrons. The first-order chi connectivity index (χ1) is 11.0. The summed E-state index contributed by atoms with van der Waals surface area (Å²) in [5, 5.41) is 0. The Balaban J connectivity index is 1.60. The number of nitrogen functional groups attached to an aromatic ring is 1. The Kier molecular flexibility index (Phi) is 2.36. The fraction of sp³-hybridized carbons (Fsp3) is 0.643. The second kappa shape index (κ2) is 3.99. The maximum atomic E-state index is 6.26. The number of nitrogens with zero attached hydrogens (tertiary/aromatic N) is 4. The van der Waals surface area contributed by atoms with Crippen LogP contribution in [0.5, 0.6) is 0 Å². The Morgan fingerprint density at radius 1 is 1.26 bits per heavy atom. The molecule has 0 aromatic carbocycles. The van der Waals surface area contributed by atoms with Crippen molar-refractivity contribution in [2.75, 3.05) is 12.3 Å². The largest absolute Gasteiger partial charge is 0.382 e. The van der Waals surface area contributed by atoms with Gasteiger partial charge in [0.2, 0.25) is 0 Å². The lowest BCUT2D eigenvalue weighted by molar-refractivity contribution is -0.174. The van der Waals surface area contributed by atoms with E-state index in [4.69, 9.17) is 25.7 Å². The minimum Gasteiger partial charge on any atom is -0.382 e. The van der Waals surface area contributed by atoms with Gasteiger partial charge in [-0.1, -0.05) is 0 Å². The zero-order chi connectivity index (χ0) is 16.0. The predicted molar refractivity (Wildman–Crippen MR) is 79.3 cm³/mol. The second-order valence-electron chi connectivity index (χ2n) is 6.75. The van der Waals surface area contributed by atoms with Crippen LogP contribution in [0.15, 0.2) is 12.7 Å². The van der Waals surface area contributed by atoms with Gasteiger partial charge in [0.25, 0.3) is 0 Å². The number of fused-ring (bicyclic) bond motifs is 1. The van der Waals surface area contributed by atoms with Crippen LogP contribution in [-0.4, -0.2) is 55.8 Å². The van der Waals surface area contributed by atoms with Crippen LogP contribution >= 0.6 is 0 Å². The molecule has 2 aliphatic heterocycles. The molecule has 1 saturated carbocycles. The fourth-order valence-electron chi connectivity index (χ4n) is 4.11. The van der Waals surface area contributed by atoms with E-state index in [1.165, 1.54) is 6.33 Å². The fourth-order valence-corrected chi connectivity index (χ4v) is 4.11. The standard InChI is InChI=1S/C14H18N6O3/c1-13(2)22-9-6(3-15)21-10-8(14(9,10)23-13)20-5-19-7-11(16)17-4-18-12(7)20/h4-6,8-10H,3,15H2,1-2H3,(H2,16,17,18)/t6?,8?,9-,10+,14-/m1/s1. The Morgan fingerprint density at radius 2 is 2.09 bits per heavy atom. The molecule has 1 aliphatic carbocycles. The molecular weight excluding hydrogens is 300 g/mol. The lowest BCUT2D eigenvalue weighted by Gasteiger charge is -2.22. The lowest BCUT2D eigenvalue weighted by Crippen LogP contribution is -2.40. The van der Waals surface area contributed by atoms with E-state index in [-0.39, 0.29) is 24.4 Å². The average molecular weight is 318 g/mol. The number of hydrogen-bond acceptors (Lipinski definition) is 8. The Hall–Kier alpha value is -1.81. The quantitative estimate of drug-likeness (QED) is 0.765. The highest BCUT2D eigenvalue weighted by Gasteiger charge is 2.83. The van der Waals surface area contributed by atoms with E-state index in [9.17, 15) is 0 Å². The third kappa shape index (κ3) is 1.52. The van der Waals surface area contributed by atoms with E-state index in [0.717, 1.165) is 0 Å². The highest BCUT2D eigenvalue weighted by Crippen LogP contribution is 2.67. The van der Waals surface area contributed by atoms with Crippen molar-refractivity contribution in [2.45, 2.75) is 49.6 Å². The number of anilines is 1. The molecule has 1 spiro atoms. The molecule has 5 atom stereocenters. The van der Waals surface area contributed by atoms with Gasteiger partial charge in [0.15, 0.2) is 22.9 Å². The molecule has 3 fully saturated rings. The van der Waals surface area contributed by atoms with Gasteiger partial charge < -0.3 is 30.2 Å². The molecule has 3 aliphatic rings. The van der Waals surface area contributed by atoms with Crippen LogP contribution in [0.25, 0.3) is 11.2 Å². The molecule has 23 heavy (non-hydrogen) atoms. The Labute approximate surface area is 131 Å². The van der Waals surface area contributed by atoms with Crippen molar-refractivity contribution in [1.82, 2.24) is 19.5 Å². The maximum Gasteiger partial charge on any atom is 0.165 e. The molecular formula is C14H18N6O3. The first kappa shape index (κ1) is 13.6. The number of rotatable bonds is 2. The van der Waals surface area contributed by atoms with Crippen LogP contribution in [0.4, 0.5) is 5.82 Å². The van der Waals surface area contributed by atoms with Crippen molar-refractivity contribution in [3.8, 4) is 0 Å². The van der Waals surface area contributed by atoms with Gasteiger partial charge in [0, 0.05) is 6.54 Å². The van der Waals surface area contributed by atoms with Gasteiger partial charge >= 0.3 is 0 Å². The van der Waals surface area contributed by atoms with Gasteiger partial charge in [-0.05, 0) is 13.8 Å². The van der Waals surface area contributed by atoms with Gasteiger partial charge in [-0.15, -0.1) is 0 Å². The molecule has 122 valence electrons. The zero-order valence-electron chi connectivity index (χ0n) is 12.8. The molecule has 2 saturated heterocycles. The van der Waals surface area contributed by atoms with Crippen molar-refractivity contribution in [1.29, 1.82) is 0 Å². The first-order valence-electron chi connectivity index (χ1n) is 7.64. The highest BCUT2D eigenvalue weighted by atomic mass is 16.8. The van der Waals surface area contributed by atoms with E-state index in [1.54, 1.807) is 6.33 Å². The minimum absolute atomic E-state index is 0.0589. The van der Waals surface area contributed by atoms with Crippen molar-refractivity contribution in [3.05, 3.63) is 12.7 Å². The van der Waals surface area contributed by atoms with Gasteiger partial charge in [-0.2, -0.15) is 0 Å². The van der Waals surface area contributed by atoms with Crippen LogP contribution in [0.3, 0.4) is 0 Å². The zero-order valence-corrected chi connectivity index (χ0v) is 12.8. The molecule has 9 nitrogen and oxygen atoms in total. The number of nitrogens with two attached hydrogens (primary N) is 2. The minimum atomic E-state index is -0.667. The van der Waals surface area contributed by atoms with Gasteiger partial charge in [-0.3, -0.25) is 0 Å². The number of imidazole rings is 1. The first-order valence-corrected chi connectivity index (χ1v) is 7.64. The van der Waals surface area contributed by atoms with Crippen molar-refractivity contribution in [2.24, 2.45) is 5.73 Å². The topological polar surface area (TPSA) is 123 Å². The van der Waals surface area contributed by atoms with Crippen LogP contribution in [0.1, 0.15) is 19.9 Å². The summed E-state index contributed by atoms with van der Waals surface area (Å²) in [6, 6.07) is -0.0589. The Bertz CT molecular complexity index is 807. The summed E-state index contributed by atoms with van der Waals surface area (Å²) in [5.41, 5.74) is 12.4. The third-order valence-corrected chi connectivity index (χ3v) is 4.94. The summed E-state index contributed by atoms with van der Waals surface area (Å²) in [4.78, 5) is 12.6. The molecule has 4 N–H and O–H groups in total. The highest BCUT2D eigenvalue weighted by molar-refractivity contribution is 5.81. The normalized spacial score (nSPS) is 40.3. The summed E-state index contributed by atoms with van der Waals surface area (Å²) in [5.74, 6) is -0.308. The Morgan fingerprint density at radius 3 is 2.87 bits per heavy atom. The molecule has 2 aromatic rings. The van der Waals surface area contributed by atoms with E-state index < -0.39 is 11.4 Å². The van der Waals surface area contributed by atoms with Gasteiger partial charge in [-0.25, -0.2) is 15.0 Å². The molecule has 2 unspecified atom stereocenters. The number of aromatic nitrogens is 4. The second-order valence-corrected chi connectivity index (χ2v) is 6.75. The summed E-state index contributed by atoms with van der Waals surface area (Å²) in [6.45, 7) is 4.22. The van der Waals surface area contributed by atoms with E-state index in [2.05, 4.69) is 15.0 Å². The summed E-state index contributed by atoms with van der Waals surface area (Å²) in [7, 11) is 0. The molecule has 5 rings (SSSR count). The monoisotopic (exact) mass is 318 g/mol. The van der Waals surface area contributed by atoms with Crippen molar-refractivity contribution < 1.29 is 14.2 Å². The van der Waals surface area contributed by atoms with Crippen molar-refractivity contribution in [3.63, 3.8) is 0 Å². The van der Waals surface area contributed by atoms with Gasteiger partial charge in [0.05, 0.1) is 12.4 Å². The third-order valence-electron chi connectivity index (χ3n) is 4.94. The number of hydrogen-bond donors (Lipinski definition) is 2. The van der Waals surface area contributed by atoms with Crippen LogP contribution in [0.2, 0.25) is 0 Å². The number of ether oxygens (including phenoxy) is 3. The SMILES string of the molecule is CC1(C)O[C@@H]2C(CN)O[C@H]3C(n4cnc5c(N)ncnc54)[C@@]23O1. The predicted octanol–water partition coefficient (Wildman–Crippen LogP) is -0.420. The van der Waals surface area contributed by atoms with Crippen LogP contribution in [0, 0.1) is 0 Å². The maximum absolute atomic E-state index is 6.26. The summed E-state index contributed by atoms with van der Waals surface area (Å²) >= 11 is 0. The smallest absolute Gasteiger partial charge is 0.165 e. The molecule has 2 aromatic heterocycles. The van der Waals surface area contributed by atoms with Crippen LogP contribution in [-0.2, 0) is 14.2 Å². The lowest BCUT2D eigenvalue weighted by atomic mass is 10.1. The molecule has 9 heteroatoms. The van der Waals surface area contributed by atoms with Gasteiger partial charge in [0.1, 0.15) is 30.1 Å². The van der Waals surface area contributed by atoms with E-state index >= 15 is 0 Å². The van der Waals surface area contributed by atoms with E-state index in [1.807, 2.05) is 18.4 Å². The van der Waals surface area contributed by atoms with E-state index in [0.29, 0.717) is 23.5 Å². The molecule has 4 heterocycles. The molecule has 0 amide bonds. The summed E-state index contributed by atoms with van der Waals surface area (Å²) < 4.78 is 20.3. The molecule has 0 bridgehead atoms. The average Bonchev–Trinajstić information content (AvgIpc) is 2.84.